The zero-order valence-corrected chi connectivity index (χ0v) is 12.4. The summed E-state index contributed by atoms with van der Waals surface area (Å²) in [6, 6.07) is 15.6. The molecule has 106 valence electrons. The number of benzene rings is 2. The predicted octanol–water partition coefficient (Wildman–Crippen LogP) is 4.45. The molecule has 0 aliphatic heterocycles. The highest BCUT2D eigenvalue weighted by Gasteiger charge is 2.10. The lowest BCUT2D eigenvalue weighted by Gasteiger charge is -2.11. The summed E-state index contributed by atoms with van der Waals surface area (Å²) in [5, 5.41) is 2.55. The van der Waals surface area contributed by atoms with Crippen molar-refractivity contribution in [1.29, 1.82) is 0 Å². The number of hydrogen-bond donors (Lipinski definition) is 1. The van der Waals surface area contributed by atoms with Crippen molar-refractivity contribution in [3.8, 4) is 11.6 Å². The van der Waals surface area contributed by atoms with Gasteiger partial charge in [-0.15, -0.1) is 0 Å². The Morgan fingerprint density at radius 2 is 1.95 bits per heavy atom. The summed E-state index contributed by atoms with van der Waals surface area (Å²) in [6.07, 6.45) is 0. The topological polar surface area (TPSA) is 48.1 Å². The van der Waals surface area contributed by atoms with Crippen LogP contribution in [-0.4, -0.2) is 4.98 Å². The number of aryl methyl sites for hydroxylation is 1. The highest BCUT2D eigenvalue weighted by molar-refractivity contribution is 6.32. The second-order valence-corrected chi connectivity index (χ2v) is 5.29. The molecule has 0 spiro atoms. The Bertz CT molecular complexity index is 802. The highest BCUT2D eigenvalue weighted by Crippen LogP contribution is 2.33. The third-order valence-electron chi connectivity index (χ3n) is 3.26. The number of hydrogen-bond acceptors (Lipinski definition) is 3. The van der Waals surface area contributed by atoms with E-state index in [1.165, 1.54) is 0 Å². The molecule has 0 saturated heterocycles. The van der Waals surface area contributed by atoms with Gasteiger partial charge in [-0.3, -0.25) is 0 Å². The molecule has 0 atom stereocenters. The summed E-state index contributed by atoms with van der Waals surface area (Å²) in [5.74, 6) is 1.12. The maximum Gasteiger partial charge on any atom is 0.227 e. The van der Waals surface area contributed by atoms with E-state index in [0.717, 1.165) is 22.0 Å². The van der Waals surface area contributed by atoms with Crippen molar-refractivity contribution in [3.63, 3.8) is 0 Å². The summed E-state index contributed by atoms with van der Waals surface area (Å²) in [7, 11) is 0. The number of rotatable bonds is 3. The molecule has 0 unspecified atom stereocenters. The van der Waals surface area contributed by atoms with E-state index < -0.39 is 0 Å². The number of nitrogens with two attached hydrogens (primary N) is 1. The van der Waals surface area contributed by atoms with Crippen LogP contribution in [-0.2, 0) is 6.54 Å². The zero-order chi connectivity index (χ0) is 14.8. The minimum absolute atomic E-state index is 0.364. The smallest absolute Gasteiger partial charge is 0.227 e. The average molecular weight is 299 g/mol. The normalized spacial score (nSPS) is 10.8. The van der Waals surface area contributed by atoms with Crippen molar-refractivity contribution < 1.29 is 4.74 Å². The van der Waals surface area contributed by atoms with Gasteiger partial charge in [-0.05, 0) is 42.1 Å². The fraction of sp³-hybridized carbons (Fsp3) is 0.118. The van der Waals surface area contributed by atoms with Gasteiger partial charge in [0.15, 0.2) is 0 Å². The zero-order valence-electron chi connectivity index (χ0n) is 11.6. The molecule has 2 aromatic carbocycles. The number of halogens is 1. The van der Waals surface area contributed by atoms with Gasteiger partial charge in [0.1, 0.15) is 5.75 Å². The minimum Gasteiger partial charge on any atom is -0.437 e. The molecule has 0 aliphatic rings. The molecule has 4 heteroatoms. The fourth-order valence-corrected chi connectivity index (χ4v) is 2.47. The summed E-state index contributed by atoms with van der Waals surface area (Å²) in [5.41, 5.74) is 7.58. The minimum atomic E-state index is 0.364. The maximum absolute atomic E-state index is 6.23. The SMILES string of the molecule is Cc1ccc(Oc2nc(CN)cc3ccccc23)c(Cl)c1. The Morgan fingerprint density at radius 3 is 2.71 bits per heavy atom. The molecule has 0 amide bonds. The van der Waals surface area contributed by atoms with Gasteiger partial charge in [-0.1, -0.05) is 35.9 Å². The molecule has 2 N–H and O–H groups in total. The van der Waals surface area contributed by atoms with E-state index in [9.17, 15) is 0 Å². The molecule has 1 aromatic heterocycles. The first-order valence-electron chi connectivity index (χ1n) is 6.70. The second kappa shape index (κ2) is 5.72. The van der Waals surface area contributed by atoms with Crippen molar-refractivity contribution in [1.82, 2.24) is 4.98 Å². The third-order valence-corrected chi connectivity index (χ3v) is 3.56. The van der Waals surface area contributed by atoms with Crippen LogP contribution in [0.2, 0.25) is 5.02 Å². The van der Waals surface area contributed by atoms with Gasteiger partial charge in [0.05, 0.1) is 10.7 Å². The van der Waals surface area contributed by atoms with E-state index in [4.69, 9.17) is 22.1 Å². The standard InChI is InChI=1S/C17H15ClN2O/c1-11-6-7-16(15(18)8-11)21-17-14-5-3-2-4-12(14)9-13(10-19)20-17/h2-9H,10,19H2,1H3. The number of nitrogens with zero attached hydrogens (tertiary/aromatic N) is 1. The van der Waals surface area contributed by atoms with Crippen molar-refractivity contribution in [2.45, 2.75) is 13.5 Å². The first kappa shape index (κ1) is 13.9. The Hall–Kier alpha value is -2.10. The van der Waals surface area contributed by atoms with Gasteiger partial charge < -0.3 is 10.5 Å². The van der Waals surface area contributed by atoms with Gasteiger partial charge >= 0.3 is 0 Å². The Labute approximate surface area is 128 Å². The molecule has 21 heavy (non-hydrogen) atoms. The maximum atomic E-state index is 6.23. The second-order valence-electron chi connectivity index (χ2n) is 4.88. The van der Waals surface area contributed by atoms with Gasteiger partial charge in [-0.25, -0.2) is 4.98 Å². The Kier molecular flexibility index (Phi) is 3.78. The lowest BCUT2D eigenvalue weighted by Crippen LogP contribution is -2.01. The van der Waals surface area contributed by atoms with Crippen LogP contribution in [0.25, 0.3) is 10.8 Å². The van der Waals surface area contributed by atoms with E-state index in [1.807, 2.05) is 55.5 Å². The van der Waals surface area contributed by atoms with E-state index in [1.54, 1.807) is 0 Å². The Morgan fingerprint density at radius 1 is 1.14 bits per heavy atom. The molecule has 3 nitrogen and oxygen atoms in total. The summed E-state index contributed by atoms with van der Waals surface area (Å²) in [4.78, 5) is 4.47. The van der Waals surface area contributed by atoms with Crippen LogP contribution in [0.3, 0.4) is 0 Å². The molecule has 3 rings (SSSR count). The van der Waals surface area contributed by atoms with Crippen molar-refractivity contribution in [2.75, 3.05) is 0 Å². The predicted molar refractivity (Wildman–Crippen MR) is 85.9 cm³/mol. The molecule has 0 bridgehead atoms. The molecule has 0 saturated carbocycles. The van der Waals surface area contributed by atoms with Crippen molar-refractivity contribution >= 4 is 22.4 Å². The first-order chi connectivity index (χ1) is 10.2. The third kappa shape index (κ3) is 2.84. The molecule has 0 aliphatic carbocycles. The van der Waals surface area contributed by atoms with Crippen molar-refractivity contribution in [2.24, 2.45) is 5.73 Å². The van der Waals surface area contributed by atoms with E-state index in [-0.39, 0.29) is 0 Å². The average Bonchev–Trinajstić information content (AvgIpc) is 2.49. The van der Waals surface area contributed by atoms with Crippen LogP contribution in [0, 0.1) is 6.92 Å². The van der Waals surface area contributed by atoms with E-state index >= 15 is 0 Å². The quantitative estimate of drug-likeness (QED) is 0.777. The monoisotopic (exact) mass is 298 g/mol. The number of aromatic nitrogens is 1. The number of ether oxygens (including phenoxy) is 1. The molecule has 3 aromatic rings. The van der Waals surface area contributed by atoms with Gasteiger partial charge in [0.2, 0.25) is 5.88 Å². The summed E-state index contributed by atoms with van der Waals surface area (Å²) < 4.78 is 5.92. The van der Waals surface area contributed by atoms with Crippen LogP contribution >= 0.6 is 11.6 Å². The van der Waals surface area contributed by atoms with Gasteiger partial charge in [0.25, 0.3) is 0 Å². The van der Waals surface area contributed by atoms with E-state index in [2.05, 4.69) is 4.98 Å². The molecular weight excluding hydrogens is 284 g/mol. The molecule has 0 fully saturated rings. The van der Waals surface area contributed by atoms with Crippen LogP contribution in [0.4, 0.5) is 0 Å². The van der Waals surface area contributed by atoms with Crippen LogP contribution in [0.15, 0.2) is 48.5 Å². The summed E-state index contributed by atoms with van der Waals surface area (Å²) >= 11 is 6.23. The highest BCUT2D eigenvalue weighted by atomic mass is 35.5. The van der Waals surface area contributed by atoms with Crippen LogP contribution in [0.5, 0.6) is 11.6 Å². The number of pyridine rings is 1. The molecular formula is C17H15ClN2O. The lowest BCUT2D eigenvalue weighted by atomic mass is 10.1. The van der Waals surface area contributed by atoms with E-state index in [0.29, 0.717) is 23.2 Å². The molecule has 0 radical (unpaired) electrons. The Balaban J connectivity index is 2.10. The lowest BCUT2D eigenvalue weighted by molar-refractivity contribution is 0.467. The number of fused-ring (bicyclic) bond motifs is 1. The van der Waals surface area contributed by atoms with Crippen LogP contribution < -0.4 is 10.5 Å². The van der Waals surface area contributed by atoms with Crippen molar-refractivity contribution in [3.05, 3.63) is 64.8 Å². The molecule has 1 heterocycles. The van der Waals surface area contributed by atoms with Crippen LogP contribution in [0.1, 0.15) is 11.3 Å². The largest absolute Gasteiger partial charge is 0.437 e. The van der Waals surface area contributed by atoms with Gasteiger partial charge in [0, 0.05) is 11.9 Å². The summed E-state index contributed by atoms with van der Waals surface area (Å²) in [6.45, 7) is 2.35. The fourth-order valence-electron chi connectivity index (χ4n) is 2.20. The first-order valence-corrected chi connectivity index (χ1v) is 7.08. The van der Waals surface area contributed by atoms with Gasteiger partial charge in [-0.2, -0.15) is 0 Å².